The Hall–Kier alpha value is -3.77. The van der Waals surface area contributed by atoms with Gasteiger partial charge in [0.05, 0.1) is 44.7 Å². The van der Waals surface area contributed by atoms with Crippen molar-refractivity contribution in [1.82, 2.24) is 15.5 Å². The number of methoxy groups -OCH3 is 4. The van der Waals surface area contributed by atoms with Gasteiger partial charge in [-0.25, -0.2) is 4.79 Å². The number of hydrogen-bond donors (Lipinski definition) is 3. The molecule has 4 atom stereocenters. The fraction of sp³-hybridized carbons (Fsp3) is 0.480. The van der Waals surface area contributed by atoms with Crippen molar-refractivity contribution in [2.24, 2.45) is 11.7 Å². The second-order valence-electron chi connectivity index (χ2n) is 9.31. The molecule has 2 saturated heterocycles. The van der Waals surface area contributed by atoms with E-state index in [0.717, 1.165) is 5.56 Å². The summed E-state index contributed by atoms with van der Waals surface area (Å²) in [7, 11) is 6.08. The number of nitrogens with two attached hydrogens (primary N) is 1. The Balaban J connectivity index is 1.47. The predicted molar refractivity (Wildman–Crippen MR) is 129 cm³/mol. The van der Waals surface area contributed by atoms with Crippen molar-refractivity contribution in [2.75, 3.05) is 41.6 Å². The standard InChI is InChI=1S/C25H30N4O8/c1-11-18(27-8-12-6-15(33-2)22(35-4)16(7-12)34-3)21(31)17-13(10-37-24(26)32)25(36-5)23-14(28-23)9-29(25)19(17)20(11)30/h6-7,13-14,23,27-28H,8-10H2,1-5H3,(H2,26,32). The monoisotopic (exact) mass is 514 g/mol. The number of Topliss-reactive ketones (excluding diaryl/α,β-unsaturated/α-hetero) is 2. The van der Waals surface area contributed by atoms with Crippen LogP contribution in [0.3, 0.4) is 0 Å². The highest BCUT2D eigenvalue weighted by Gasteiger charge is 2.72. The zero-order valence-electron chi connectivity index (χ0n) is 21.3. The number of hydrogen-bond acceptors (Lipinski definition) is 11. The molecule has 1 aromatic carbocycles. The zero-order valence-corrected chi connectivity index (χ0v) is 21.3. The third kappa shape index (κ3) is 3.54. The molecule has 5 rings (SSSR count). The van der Waals surface area contributed by atoms with E-state index < -0.39 is 17.7 Å². The van der Waals surface area contributed by atoms with Crippen molar-refractivity contribution >= 4 is 17.7 Å². The number of carbonyl (C=O) groups excluding carboxylic acids is 3. The van der Waals surface area contributed by atoms with Crippen molar-refractivity contribution < 1.29 is 38.1 Å². The van der Waals surface area contributed by atoms with Crippen molar-refractivity contribution in [3.63, 3.8) is 0 Å². The SMILES string of the molecule is COc1cc(CNC2=C(C)C(=O)C3=C(C2=O)C(COC(N)=O)C2(OC)C4NC4CN32)cc(OC)c1OC. The van der Waals surface area contributed by atoms with Gasteiger partial charge in [0.25, 0.3) is 0 Å². The molecule has 2 fully saturated rings. The second-order valence-corrected chi connectivity index (χ2v) is 9.31. The van der Waals surface area contributed by atoms with Crippen LogP contribution in [-0.4, -0.2) is 82.0 Å². The predicted octanol–water partition coefficient (Wildman–Crippen LogP) is 0.206. The Morgan fingerprint density at radius 3 is 2.38 bits per heavy atom. The summed E-state index contributed by atoms with van der Waals surface area (Å²) in [6.07, 6.45) is -0.966. The summed E-state index contributed by atoms with van der Waals surface area (Å²) < 4.78 is 27.4. The van der Waals surface area contributed by atoms with Crippen LogP contribution in [0.2, 0.25) is 0 Å². The average molecular weight is 515 g/mol. The molecule has 37 heavy (non-hydrogen) atoms. The van der Waals surface area contributed by atoms with Gasteiger partial charge < -0.3 is 45.0 Å². The van der Waals surface area contributed by atoms with Gasteiger partial charge >= 0.3 is 6.09 Å². The van der Waals surface area contributed by atoms with E-state index in [0.29, 0.717) is 35.1 Å². The molecule has 12 nitrogen and oxygen atoms in total. The van der Waals surface area contributed by atoms with E-state index in [-0.39, 0.29) is 48.1 Å². The first-order valence-corrected chi connectivity index (χ1v) is 11.8. The molecule has 198 valence electrons. The van der Waals surface area contributed by atoms with E-state index in [1.165, 1.54) is 28.4 Å². The number of benzene rings is 1. The molecule has 12 heteroatoms. The van der Waals surface area contributed by atoms with Crippen LogP contribution >= 0.6 is 0 Å². The number of carbonyl (C=O) groups is 3. The Kier molecular flexibility index (Phi) is 6.03. The van der Waals surface area contributed by atoms with Crippen LogP contribution < -0.4 is 30.6 Å². The van der Waals surface area contributed by atoms with Gasteiger partial charge in [-0.1, -0.05) is 0 Å². The van der Waals surface area contributed by atoms with Gasteiger partial charge in [0.1, 0.15) is 6.61 Å². The van der Waals surface area contributed by atoms with Crippen LogP contribution in [0.5, 0.6) is 17.2 Å². The molecular formula is C25H30N4O8. The van der Waals surface area contributed by atoms with E-state index in [9.17, 15) is 14.4 Å². The lowest BCUT2D eigenvalue weighted by molar-refractivity contribution is -0.137. The molecule has 4 N–H and O–H groups in total. The smallest absolute Gasteiger partial charge is 0.404 e. The van der Waals surface area contributed by atoms with Crippen molar-refractivity contribution in [3.05, 3.63) is 40.2 Å². The fourth-order valence-electron chi connectivity index (χ4n) is 5.93. The van der Waals surface area contributed by atoms with E-state index in [1.807, 2.05) is 4.90 Å². The zero-order chi connectivity index (χ0) is 26.6. The van der Waals surface area contributed by atoms with Crippen LogP contribution in [0.15, 0.2) is 34.7 Å². The highest BCUT2D eigenvalue weighted by atomic mass is 16.6. The Morgan fingerprint density at radius 1 is 1.14 bits per heavy atom. The van der Waals surface area contributed by atoms with Crippen LogP contribution in [0.1, 0.15) is 12.5 Å². The summed E-state index contributed by atoms with van der Waals surface area (Å²) in [6.45, 7) is 2.14. The molecular weight excluding hydrogens is 484 g/mol. The summed E-state index contributed by atoms with van der Waals surface area (Å²) in [5.41, 5.74) is 6.00. The number of nitrogens with one attached hydrogen (secondary N) is 2. The highest BCUT2D eigenvalue weighted by Crippen LogP contribution is 2.55. The lowest BCUT2D eigenvalue weighted by Gasteiger charge is -2.39. The lowest BCUT2D eigenvalue weighted by Crippen LogP contribution is -2.55. The van der Waals surface area contributed by atoms with E-state index in [4.69, 9.17) is 29.4 Å². The molecule has 0 saturated carbocycles. The first-order valence-electron chi connectivity index (χ1n) is 11.8. The summed E-state index contributed by atoms with van der Waals surface area (Å²) in [5.74, 6) is 0.0611. The van der Waals surface area contributed by atoms with Crippen molar-refractivity contribution in [3.8, 4) is 17.2 Å². The maximum absolute atomic E-state index is 13.9. The molecule has 0 aromatic heterocycles. The number of rotatable bonds is 9. The third-order valence-corrected chi connectivity index (χ3v) is 7.62. The lowest BCUT2D eigenvalue weighted by atomic mass is 9.82. The molecule has 3 heterocycles. The van der Waals surface area contributed by atoms with Gasteiger partial charge in [0.2, 0.25) is 17.3 Å². The minimum Gasteiger partial charge on any atom is -0.493 e. The maximum atomic E-state index is 13.9. The average Bonchev–Trinajstić information content (AvgIpc) is 3.50. The minimum atomic E-state index is -1.03. The third-order valence-electron chi connectivity index (χ3n) is 7.62. The maximum Gasteiger partial charge on any atom is 0.404 e. The fourth-order valence-corrected chi connectivity index (χ4v) is 5.93. The Labute approximate surface area is 213 Å². The molecule has 0 spiro atoms. The van der Waals surface area contributed by atoms with Crippen molar-refractivity contribution in [2.45, 2.75) is 31.3 Å². The molecule has 1 amide bonds. The molecule has 4 aliphatic rings. The molecule has 4 unspecified atom stereocenters. The number of ketones is 2. The number of nitrogens with zero attached hydrogens (tertiary/aromatic N) is 1. The number of ether oxygens (including phenoxy) is 5. The molecule has 3 aliphatic heterocycles. The van der Waals surface area contributed by atoms with E-state index >= 15 is 0 Å². The number of primary amides is 1. The molecule has 1 aliphatic carbocycles. The van der Waals surface area contributed by atoms with Gasteiger partial charge in [0, 0.05) is 37.4 Å². The van der Waals surface area contributed by atoms with Gasteiger partial charge in [-0.2, -0.15) is 0 Å². The molecule has 0 bridgehead atoms. The topological polar surface area (TPSA) is 161 Å². The van der Waals surface area contributed by atoms with Gasteiger partial charge in [-0.05, 0) is 24.6 Å². The summed E-state index contributed by atoms with van der Waals surface area (Å²) in [6, 6.07) is 3.54. The van der Waals surface area contributed by atoms with Crippen LogP contribution in [0.4, 0.5) is 4.79 Å². The minimum absolute atomic E-state index is 0.110. The summed E-state index contributed by atoms with van der Waals surface area (Å²) in [5, 5.41) is 6.48. The largest absolute Gasteiger partial charge is 0.493 e. The van der Waals surface area contributed by atoms with Gasteiger partial charge in [-0.3, -0.25) is 9.59 Å². The van der Waals surface area contributed by atoms with Gasteiger partial charge in [0.15, 0.2) is 17.2 Å². The second kappa shape index (κ2) is 8.96. The summed E-state index contributed by atoms with van der Waals surface area (Å²) >= 11 is 0. The number of amides is 1. The van der Waals surface area contributed by atoms with Crippen LogP contribution in [-0.2, 0) is 25.6 Å². The van der Waals surface area contributed by atoms with E-state index in [1.54, 1.807) is 19.1 Å². The quantitative estimate of drug-likeness (QED) is 0.305. The van der Waals surface area contributed by atoms with Crippen molar-refractivity contribution in [1.29, 1.82) is 0 Å². The van der Waals surface area contributed by atoms with Crippen LogP contribution in [0.25, 0.3) is 0 Å². The number of allylic oxidation sites excluding steroid dienone is 2. The number of fused-ring (bicyclic) bond motifs is 4. The summed E-state index contributed by atoms with van der Waals surface area (Å²) in [4.78, 5) is 40.9. The Morgan fingerprint density at radius 2 is 1.81 bits per heavy atom. The normalized spacial score (nSPS) is 27.6. The number of piperazine rings is 1. The van der Waals surface area contributed by atoms with Crippen LogP contribution in [0, 0.1) is 5.92 Å². The molecule has 0 radical (unpaired) electrons. The Bertz CT molecular complexity index is 1230. The molecule has 1 aromatic rings. The van der Waals surface area contributed by atoms with Gasteiger partial charge in [-0.15, -0.1) is 0 Å². The highest BCUT2D eigenvalue weighted by molar-refractivity contribution is 6.25. The first-order chi connectivity index (χ1) is 17.7. The first kappa shape index (κ1) is 24.9. The van der Waals surface area contributed by atoms with E-state index in [2.05, 4.69) is 10.6 Å².